The molecule has 8 nitrogen and oxygen atoms in total. The number of nitrogens with one attached hydrogen (secondary N) is 2. The van der Waals surface area contributed by atoms with E-state index in [0.717, 1.165) is 18.2 Å². The number of carbonyl (C=O) groups excluding carboxylic acids is 1. The van der Waals surface area contributed by atoms with Crippen molar-refractivity contribution in [2.45, 2.75) is 20.5 Å². The Hall–Kier alpha value is -4.22. The number of amides is 1. The molecule has 4 rings (SSSR count). The van der Waals surface area contributed by atoms with Gasteiger partial charge in [-0.1, -0.05) is 25.4 Å². The van der Waals surface area contributed by atoms with E-state index in [2.05, 4.69) is 15.8 Å². The number of rotatable bonds is 6. The Morgan fingerprint density at radius 3 is 2.35 bits per heavy atom. The molecule has 1 amide bonds. The van der Waals surface area contributed by atoms with Crippen LogP contribution in [0.5, 0.6) is 5.75 Å². The minimum Gasteiger partial charge on any atom is -0.489 e. The van der Waals surface area contributed by atoms with Gasteiger partial charge in [-0.3, -0.25) is 4.79 Å². The van der Waals surface area contributed by atoms with Gasteiger partial charge in [-0.05, 0) is 48.5 Å². The fourth-order valence-electron chi connectivity index (χ4n) is 3.26. The molecule has 37 heavy (non-hydrogen) atoms. The highest BCUT2D eigenvalue weighted by molar-refractivity contribution is 6.31. The number of hydrogen-bond donors (Lipinski definition) is 4. The van der Waals surface area contributed by atoms with Gasteiger partial charge in [0, 0.05) is 16.6 Å². The Labute approximate surface area is 215 Å². The van der Waals surface area contributed by atoms with Crippen molar-refractivity contribution in [2.24, 2.45) is 16.8 Å². The molecule has 3 aromatic carbocycles. The highest BCUT2D eigenvalue weighted by Crippen LogP contribution is 2.27. The molecule has 194 valence electrons. The number of ether oxygens (including phenoxy) is 1. The van der Waals surface area contributed by atoms with Gasteiger partial charge in [-0.25, -0.2) is 19.0 Å². The summed E-state index contributed by atoms with van der Waals surface area (Å²) in [5, 5.41) is 6.31. The van der Waals surface area contributed by atoms with Gasteiger partial charge in [0.15, 0.2) is 17.5 Å². The summed E-state index contributed by atoms with van der Waals surface area (Å²) in [6.07, 6.45) is 1.20. The third-order valence-corrected chi connectivity index (χ3v) is 5.38. The normalized spacial score (nSPS) is 11.1. The third-order valence-electron chi connectivity index (χ3n) is 5.02. The van der Waals surface area contributed by atoms with E-state index in [1.807, 2.05) is 13.8 Å². The Balaban J connectivity index is 0.00000186. The second-order valence-electron chi connectivity index (χ2n) is 7.22. The van der Waals surface area contributed by atoms with Crippen molar-refractivity contribution in [1.82, 2.24) is 5.43 Å². The molecule has 0 spiro atoms. The van der Waals surface area contributed by atoms with Gasteiger partial charge in [-0.15, -0.1) is 0 Å². The van der Waals surface area contributed by atoms with E-state index in [-0.39, 0.29) is 45.1 Å². The van der Waals surface area contributed by atoms with Gasteiger partial charge in [0.2, 0.25) is 0 Å². The van der Waals surface area contributed by atoms with Crippen LogP contribution in [0.4, 0.5) is 18.9 Å². The summed E-state index contributed by atoms with van der Waals surface area (Å²) in [7, 11) is 0. The molecule has 0 aliphatic rings. The number of hydrazine groups is 1. The number of carbonyl (C=O) groups is 1. The molecule has 12 heteroatoms. The molecule has 0 unspecified atom stereocenters. The second-order valence-corrected chi connectivity index (χ2v) is 7.63. The standard InChI is InChI=1S/C23H17ClF3N5O3.C2H6/c24-17-8-20(27)19(26)5-11(17)9-34-13-3-1-12(2-4-13)30-23(33)16-10-35-21-7-15(22(31-28)32-29)18(25)6-14(16)21;1-2/h1-8,10H,9,28-29H2,(H,30,33)(H,31,32);1-2H3. The van der Waals surface area contributed by atoms with Crippen LogP contribution in [0.15, 0.2) is 64.3 Å². The largest absolute Gasteiger partial charge is 0.489 e. The Bertz CT molecular complexity index is 1440. The van der Waals surface area contributed by atoms with Gasteiger partial charge >= 0.3 is 0 Å². The molecule has 0 saturated heterocycles. The Kier molecular flexibility index (Phi) is 8.99. The lowest BCUT2D eigenvalue weighted by atomic mass is 10.1. The summed E-state index contributed by atoms with van der Waals surface area (Å²) in [5.41, 5.74) is 3.18. The number of nitrogens with two attached hydrogens (primary N) is 2. The molecule has 0 aliphatic heterocycles. The van der Waals surface area contributed by atoms with Crippen molar-refractivity contribution < 1.29 is 27.1 Å². The summed E-state index contributed by atoms with van der Waals surface area (Å²) in [6.45, 7) is 3.91. The van der Waals surface area contributed by atoms with Gasteiger partial charge < -0.3 is 25.7 Å². The molecule has 6 N–H and O–H groups in total. The molecule has 0 bridgehead atoms. The predicted octanol–water partition coefficient (Wildman–Crippen LogP) is 5.44. The number of nitrogens with zero attached hydrogens (tertiary/aromatic N) is 1. The van der Waals surface area contributed by atoms with Crippen molar-refractivity contribution in [2.75, 3.05) is 5.32 Å². The average molecular weight is 534 g/mol. The lowest BCUT2D eigenvalue weighted by Gasteiger charge is -2.10. The highest BCUT2D eigenvalue weighted by atomic mass is 35.5. The summed E-state index contributed by atoms with van der Waals surface area (Å²) in [4.78, 5) is 12.7. The van der Waals surface area contributed by atoms with Gasteiger partial charge in [0.25, 0.3) is 5.91 Å². The van der Waals surface area contributed by atoms with E-state index in [4.69, 9.17) is 32.4 Å². The highest BCUT2D eigenvalue weighted by Gasteiger charge is 2.19. The third kappa shape index (κ3) is 6.13. The average Bonchev–Trinajstić information content (AvgIpc) is 3.31. The van der Waals surface area contributed by atoms with Crippen LogP contribution in [-0.4, -0.2) is 11.7 Å². The van der Waals surface area contributed by atoms with Crippen LogP contribution in [0.1, 0.15) is 35.3 Å². The first-order valence-electron chi connectivity index (χ1n) is 10.9. The maximum absolute atomic E-state index is 14.5. The molecular weight excluding hydrogens is 511 g/mol. The molecule has 0 aliphatic carbocycles. The number of furan rings is 1. The fraction of sp³-hybridized carbons (Fsp3) is 0.120. The predicted molar refractivity (Wildman–Crippen MR) is 136 cm³/mol. The van der Waals surface area contributed by atoms with Crippen molar-refractivity contribution in [3.8, 4) is 5.75 Å². The van der Waals surface area contributed by atoms with E-state index in [1.165, 1.54) is 12.3 Å². The summed E-state index contributed by atoms with van der Waals surface area (Å²) in [5.74, 6) is 7.44. The number of hydrogen-bond acceptors (Lipinski definition) is 6. The summed E-state index contributed by atoms with van der Waals surface area (Å²) < 4.78 is 52.1. The van der Waals surface area contributed by atoms with Gasteiger partial charge in [0.1, 0.15) is 30.0 Å². The maximum Gasteiger partial charge on any atom is 0.259 e. The van der Waals surface area contributed by atoms with Crippen LogP contribution in [0, 0.1) is 17.5 Å². The number of fused-ring (bicyclic) bond motifs is 1. The molecular formula is C25H23ClF3N5O3. The number of amidine groups is 1. The maximum atomic E-state index is 14.5. The van der Waals surface area contributed by atoms with Crippen LogP contribution in [0.3, 0.4) is 0 Å². The summed E-state index contributed by atoms with van der Waals surface area (Å²) >= 11 is 5.90. The molecule has 0 radical (unpaired) electrons. The van der Waals surface area contributed by atoms with Gasteiger partial charge in [0.05, 0.1) is 16.1 Å². The minimum atomic E-state index is -1.05. The Morgan fingerprint density at radius 2 is 1.70 bits per heavy atom. The monoisotopic (exact) mass is 533 g/mol. The van der Waals surface area contributed by atoms with Crippen LogP contribution < -0.4 is 27.2 Å². The molecule has 1 aromatic heterocycles. The first-order chi connectivity index (χ1) is 17.8. The quantitative estimate of drug-likeness (QED) is 0.0858. The lowest BCUT2D eigenvalue weighted by molar-refractivity contribution is 0.102. The van der Waals surface area contributed by atoms with E-state index in [1.54, 1.807) is 24.3 Å². The van der Waals surface area contributed by atoms with E-state index < -0.39 is 23.4 Å². The zero-order chi connectivity index (χ0) is 27.1. The van der Waals surface area contributed by atoms with Crippen LogP contribution in [0.2, 0.25) is 5.02 Å². The van der Waals surface area contributed by atoms with Crippen molar-refractivity contribution in [1.29, 1.82) is 0 Å². The first kappa shape index (κ1) is 27.4. The lowest BCUT2D eigenvalue weighted by Crippen LogP contribution is -2.32. The van der Waals surface area contributed by atoms with Crippen molar-refractivity contribution in [3.05, 3.63) is 94.0 Å². The zero-order valence-corrected chi connectivity index (χ0v) is 20.5. The fourth-order valence-corrected chi connectivity index (χ4v) is 3.46. The number of benzene rings is 3. The van der Waals surface area contributed by atoms with Crippen LogP contribution in [-0.2, 0) is 6.61 Å². The molecule has 1 heterocycles. The second kappa shape index (κ2) is 12.2. The van der Waals surface area contributed by atoms with E-state index >= 15 is 0 Å². The number of anilines is 1. The van der Waals surface area contributed by atoms with Crippen LogP contribution in [0.25, 0.3) is 11.0 Å². The first-order valence-corrected chi connectivity index (χ1v) is 11.3. The van der Waals surface area contributed by atoms with Gasteiger partial charge in [-0.2, -0.15) is 5.10 Å². The SMILES string of the molecule is CC.N/N=C(\NN)c1cc2occ(C(=O)Nc3ccc(OCc4cc(F)c(F)cc4Cl)cc3)c2cc1F. The van der Waals surface area contributed by atoms with Crippen molar-refractivity contribution in [3.63, 3.8) is 0 Å². The molecule has 0 fully saturated rings. The number of hydrazone groups is 1. The minimum absolute atomic E-state index is 0.0240. The summed E-state index contributed by atoms with van der Waals surface area (Å²) in [6, 6.07) is 10.5. The smallest absolute Gasteiger partial charge is 0.259 e. The number of halogens is 4. The molecule has 0 saturated carbocycles. The topological polar surface area (TPSA) is 128 Å². The van der Waals surface area contributed by atoms with Crippen LogP contribution >= 0.6 is 11.6 Å². The molecule has 4 aromatic rings. The molecule has 0 atom stereocenters. The zero-order valence-electron chi connectivity index (χ0n) is 19.7. The Morgan fingerprint density at radius 1 is 1.03 bits per heavy atom. The van der Waals surface area contributed by atoms with Crippen molar-refractivity contribution >= 4 is 40.0 Å². The van der Waals surface area contributed by atoms with E-state index in [0.29, 0.717) is 11.4 Å². The van der Waals surface area contributed by atoms with E-state index in [9.17, 15) is 18.0 Å².